The van der Waals surface area contributed by atoms with Crippen molar-refractivity contribution in [3.8, 4) is 5.69 Å². The highest BCUT2D eigenvalue weighted by Crippen LogP contribution is 2.35. The lowest BCUT2D eigenvalue weighted by Crippen LogP contribution is -2.49. The molecule has 0 aliphatic carbocycles. The molecule has 2 unspecified atom stereocenters. The first kappa shape index (κ1) is 20.2. The molecule has 4 aromatic rings. The minimum atomic E-state index is 0.0538. The van der Waals surface area contributed by atoms with Crippen molar-refractivity contribution < 1.29 is 4.79 Å². The average molecular weight is 459 g/mol. The van der Waals surface area contributed by atoms with Gasteiger partial charge >= 0.3 is 0 Å². The van der Waals surface area contributed by atoms with Gasteiger partial charge in [-0.15, -0.1) is 5.10 Å². The Labute approximate surface area is 194 Å². The summed E-state index contributed by atoms with van der Waals surface area (Å²) in [6.45, 7) is 2.02. The Bertz CT molecular complexity index is 1410. The van der Waals surface area contributed by atoms with Gasteiger partial charge in [-0.3, -0.25) is 9.59 Å². The number of fused-ring (bicyclic) bond motifs is 5. The van der Waals surface area contributed by atoms with E-state index in [0.29, 0.717) is 30.7 Å². The van der Waals surface area contributed by atoms with E-state index in [-0.39, 0.29) is 23.1 Å². The topological polar surface area (TPSA) is 85.9 Å². The van der Waals surface area contributed by atoms with E-state index < -0.39 is 0 Å². The Morgan fingerprint density at radius 2 is 1.88 bits per heavy atom. The predicted octanol–water partition coefficient (Wildman–Crippen LogP) is 2.72. The van der Waals surface area contributed by atoms with Crippen molar-refractivity contribution in [1.29, 1.82) is 0 Å². The van der Waals surface area contributed by atoms with Gasteiger partial charge in [-0.2, -0.15) is 4.68 Å². The summed E-state index contributed by atoms with van der Waals surface area (Å²) in [5.74, 6) is 0.876. The Morgan fingerprint density at radius 1 is 1.00 bits per heavy atom. The van der Waals surface area contributed by atoms with Crippen molar-refractivity contribution in [2.75, 3.05) is 18.8 Å². The number of likely N-dealkylation sites (tertiary alicyclic amines) is 1. The van der Waals surface area contributed by atoms with E-state index in [4.69, 9.17) is 0 Å². The Balaban J connectivity index is 1.17. The van der Waals surface area contributed by atoms with Gasteiger partial charge in [0, 0.05) is 37.3 Å². The number of amides is 1. The molecule has 0 saturated carbocycles. The first-order valence-corrected chi connectivity index (χ1v) is 12.0. The molecule has 2 aromatic carbocycles. The van der Waals surface area contributed by atoms with Crippen LogP contribution in [0.15, 0.2) is 70.6 Å². The summed E-state index contributed by atoms with van der Waals surface area (Å²) in [5, 5.41) is 15.0. The number of aromatic nitrogens is 5. The van der Waals surface area contributed by atoms with E-state index in [9.17, 15) is 9.59 Å². The molecule has 1 amide bonds. The number of nitrogens with zero attached hydrogens (tertiary/aromatic N) is 6. The van der Waals surface area contributed by atoms with Crippen molar-refractivity contribution in [3.63, 3.8) is 0 Å². The number of benzene rings is 2. The van der Waals surface area contributed by atoms with Crippen LogP contribution in [-0.2, 0) is 11.3 Å². The lowest BCUT2D eigenvalue weighted by Gasteiger charge is -2.42. The quantitative estimate of drug-likeness (QED) is 0.437. The molecule has 166 valence electrons. The van der Waals surface area contributed by atoms with E-state index in [1.807, 2.05) is 51.9 Å². The van der Waals surface area contributed by atoms with Gasteiger partial charge in [-0.1, -0.05) is 48.2 Å². The summed E-state index contributed by atoms with van der Waals surface area (Å²) in [5.41, 5.74) is 1.96. The molecule has 2 aliphatic rings. The highest BCUT2D eigenvalue weighted by Gasteiger charge is 2.36. The summed E-state index contributed by atoms with van der Waals surface area (Å²) in [7, 11) is 0. The van der Waals surface area contributed by atoms with Crippen LogP contribution in [0.4, 0.5) is 0 Å². The smallest absolute Gasteiger partial charge is 0.250 e. The Kier molecular flexibility index (Phi) is 4.98. The molecular weight excluding hydrogens is 436 g/mol. The van der Waals surface area contributed by atoms with Crippen LogP contribution in [0, 0.1) is 5.92 Å². The van der Waals surface area contributed by atoms with Crippen molar-refractivity contribution in [1.82, 2.24) is 29.7 Å². The fourth-order valence-corrected chi connectivity index (χ4v) is 5.85. The minimum Gasteiger partial charge on any atom is -0.341 e. The van der Waals surface area contributed by atoms with Crippen LogP contribution in [0.5, 0.6) is 0 Å². The molecule has 2 atom stereocenters. The molecule has 6 rings (SSSR count). The molecule has 8 nitrogen and oxygen atoms in total. The number of carbonyl (C=O) groups excluding carboxylic acids is 1. The van der Waals surface area contributed by atoms with Gasteiger partial charge in [0.2, 0.25) is 11.1 Å². The zero-order valence-electron chi connectivity index (χ0n) is 17.9. The number of pyridine rings is 1. The monoisotopic (exact) mass is 458 g/mol. The third-order valence-electron chi connectivity index (χ3n) is 6.58. The summed E-state index contributed by atoms with van der Waals surface area (Å²) in [4.78, 5) is 27.2. The molecule has 2 aromatic heterocycles. The molecule has 2 bridgehead atoms. The summed E-state index contributed by atoms with van der Waals surface area (Å²) >= 11 is 1.35. The molecule has 1 saturated heterocycles. The van der Waals surface area contributed by atoms with Crippen LogP contribution < -0.4 is 5.56 Å². The van der Waals surface area contributed by atoms with E-state index in [2.05, 4.69) is 27.7 Å². The van der Waals surface area contributed by atoms with E-state index >= 15 is 0 Å². The highest BCUT2D eigenvalue weighted by atomic mass is 32.2. The number of hydrogen-bond acceptors (Lipinski definition) is 6. The molecule has 0 radical (unpaired) electrons. The Morgan fingerprint density at radius 3 is 2.79 bits per heavy atom. The number of piperidine rings is 1. The van der Waals surface area contributed by atoms with E-state index in [1.165, 1.54) is 11.8 Å². The lowest BCUT2D eigenvalue weighted by atomic mass is 9.83. The first-order valence-electron chi connectivity index (χ1n) is 11.0. The maximum Gasteiger partial charge on any atom is 0.250 e. The van der Waals surface area contributed by atoms with E-state index in [1.54, 1.807) is 10.7 Å². The normalized spacial score (nSPS) is 19.5. The standard InChI is InChI=1S/C24H22N6O2S/c31-22-7-3-6-21-19-10-16(13-29(21)22)12-28(14-19)23(32)15-33-24-25-26-27-30(24)20-9-8-17-4-1-2-5-18(17)11-20/h1-9,11,16,19H,10,12-15H2. The van der Waals surface area contributed by atoms with Crippen molar-refractivity contribution in [2.45, 2.75) is 24.0 Å². The molecule has 1 fully saturated rings. The number of thioether (sulfide) groups is 1. The maximum atomic E-state index is 13.1. The SMILES string of the molecule is O=C(CSc1nnnn1-c1ccc2ccccc2c1)N1CC2CC(C1)c1cccc(=O)n1C2. The number of tetrazole rings is 1. The van der Waals surface area contributed by atoms with Gasteiger partial charge in [0.1, 0.15) is 0 Å². The first-order chi connectivity index (χ1) is 16.2. The minimum absolute atomic E-state index is 0.0538. The zero-order valence-corrected chi connectivity index (χ0v) is 18.7. The van der Waals surface area contributed by atoms with Crippen molar-refractivity contribution in [3.05, 3.63) is 76.7 Å². The second-order valence-electron chi connectivity index (χ2n) is 8.69. The second-order valence-corrected chi connectivity index (χ2v) is 9.63. The van der Waals surface area contributed by atoms with Crippen LogP contribution in [0.3, 0.4) is 0 Å². The van der Waals surface area contributed by atoms with Gasteiger partial charge in [0.15, 0.2) is 0 Å². The van der Waals surface area contributed by atoms with Gasteiger partial charge in [-0.25, -0.2) is 0 Å². The van der Waals surface area contributed by atoms with Crippen LogP contribution in [0.1, 0.15) is 18.0 Å². The zero-order chi connectivity index (χ0) is 22.4. The van der Waals surface area contributed by atoms with Gasteiger partial charge in [0.05, 0.1) is 11.4 Å². The lowest BCUT2D eigenvalue weighted by molar-refractivity contribution is -0.131. The fraction of sp³-hybridized carbons (Fsp3) is 0.292. The number of rotatable bonds is 4. The van der Waals surface area contributed by atoms with Crippen LogP contribution >= 0.6 is 11.8 Å². The molecule has 9 heteroatoms. The van der Waals surface area contributed by atoms with Gasteiger partial charge < -0.3 is 9.47 Å². The van der Waals surface area contributed by atoms with E-state index in [0.717, 1.165) is 28.6 Å². The summed E-state index contributed by atoms with van der Waals surface area (Å²) in [6.07, 6.45) is 1.03. The molecular formula is C24H22N6O2S. The van der Waals surface area contributed by atoms with Gasteiger partial charge in [-0.05, 0) is 51.7 Å². The van der Waals surface area contributed by atoms with Crippen molar-refractivity contribution in [2.24, 2.45) is 5.92 Å². The molecule has 2 aliphatic heterocycles. The fourth-order valence-electron chi connectivity index (χ4n) is 5.06. The second kappa shape index (κ2) is 8.15. The predicted molar refractivity (Wildman–Crippen MR) is 126 cm³/mol. The third-order valence-corrected chi connectivity index (χ3v) is 7.48. The van der Waals surface area contributed by atoms with Crippen LogP contribution in [0.25, 0.3) is 16.5 Å². The maximum absolute atomic E-state index is 13.1. The highest BCUT2D eigenvalue weighted by molar-refractivity contribution is 7.99. The molecule has 33 heavy (non-hydrogen) atoms. The number of carbonyl (C=O) groups is 1. The van der Waals surface area contributed by atoms with Crippen molar-refractivity contribution >= 4 is 28.4 Å². The molecule has 0 spiro atoms. The Hall–Kier alpha value is -3.46. The summed E-state index contributed by atoms with van der Waals surface area (Å²) in [6, 6.07) is 19.7. The van der Waals surface area contributed by atoms with Crippen LogP contribution in [-0.4, -0.2) is 54.4 Å². The van der Waals surface area contributed by atoms with Gasteiger partial charge in [0.25, 0.3) is 5.56 Å². The van der Waals surface area contributed by atoms with Crippen LogP contribution in [0.2, 0.25) is 0 Å². The number of hydrogen-bond donors (Lipinski definition) is 0. The molecule has 0 N–H and O–H groups in total. The average Bonchev–Trinajstić information content (AvgIpc) is 3.31. The summed E-state index contributed by atoms with van der Waals surface area (Å²) < 4.78 is 3.56. The molecule has 4 heterocycles. The largest absolute Gasteiger partial charge is 0.341 e. The third kappa shape index (κ3) is 3.72.